The Bertz CT molecular complexity index is 783. The average molecular weight is 349 g/mol. The van der Waals surface area contributed by atoms with Gasteiger partial charge in [0.25, 0.3) is 5.91 Å². The number of carbonyl (C=O) groups is 2. The van der Waals surface area contributed by atoms with E-state index < -0.39 is 0 Å². The third kappa shape index (κ3) is 3.10. The van der Waals surface area contributed by atoms with Crippen LogP contribution in [0.15, 0.2) is 60.7 Å². The van der Waals surface area contributed by atoms with Crippen LogP contribution in [0.25, 0.3) is 0 Å². The fourth-order valence-corrected chi connectivity index (χ4v) is 3.87. The second-order valence-corrected chi connectivity index (χ2v) is 7.15. The van der Waals surface area contributed by atoms with E-state index in [1.807, 2.05) is 65.6 Å². The van der Waals surface area contributed by atoms with Gasteiger partial charge in [0.1, 0.15) is 0 Å². The molecule has 2 aliphatic rings. The average Bonchev–Trinajstić information content (AvgIpc) is 2.99. The van der Waals surface area contributed by atoms with Crippen molar-refractivity contribution in [3.63, 3.8) is 0 Å². The Morgan fingerprint density at radius 1 is 0.962 bits per heavy atom. The molecule has 1 N–H and O–H groups in total. The van der Waals surface area contributed by atoms with Crippen molar-refractivity contribution in [3.8, 4) is 0 Å². The smallest absolute Gasteiger partial charge is 0.253 e. The monoisotopic (exact) mass is 349 g/mol. The lowest BCUT2D eigenvalue weighted by atomic mass is 9.78. The first kappa shape index (κ1) is 16.8. The first-order valence-electron chi connectivity index (χ1n) is 9.12. The van der Waals surface area contributed by atoms with Crippen LogP contribution in [-0.2, 0) is 11.3 Å². The van der Waals surface area contributed by atoms with Crippen LogP contribution in [-0.4, -0.2) is 41.4 Å². The number of hydrazine groups is 1. The van der Waals surface area contributed by atoms with E-state index in [9.17, 15) is 9.59 Å². The van der Waals surface area contributed by atoms with Crippen LogP contribution in [0.2, 0.25) is 0 Å². The molecule has 5 heteroatoms. The largest absolute Gasteiger partial charge is 0.339 e. The minimum absolute atomic E-state index is 0.0556. The van der Waals surface area contributed by atoms with E-state index in [2.05, 4.69) is 5.43 Å². The van der Waals surface area contributed by atoms with Crippen LogP contribution in [0.3, 0.4) is 0 Å². The summed E-state index contributed by atoms with van der Waals surface area (Å²) >= 11 is 0. The van der Waals surface area contributed by atoms with Crippen molar-refractivity contribution in [2.45, 2.75) is 19.4 Å². The van der Waals surface area contributed by atoms with Crippen LogP contribution < -0.4 is 5.43 Å². The second-order valence-electron chi connectivity index (χ2n) is 7.15. The summed E-state index contributed by atoms with van der Waals surface area (Å²) in [6.45, 7) is 2.49. The molecule has 5 nitrogen and oxygen atoms in total. The van der Waals surface area contributed by atoms with E-state index in [0.717, 1.165) is 5.56 Å². The Hall–Kier alpha value is -2.66. The summed E-state index contributed by atoms with van der Waals surface area (Å²) in [7, 11) is 0. The Labute approximate surface area is 153 Å². The van der Waals surface area contributed by atoms with Crippen molar-refractivity contribution in [1.82, 2.24) is 15.3 Å². The number of rotatable bonds is 3. The van der Waals surface area contributed by atoms with Crippen molar-refractivity contribution in [2.75, 3.05) is 19.6 Å². The van der Waals surface area contributed by atoms with Crippen LogP contribution in [0.5, 0.6) is 0 Å². The second kappa shape index (κ2) is 6.92. The first-order chi connectivity index (χ1) is 12.7. The molecule has 2 aromatic rings. The predicted octanol–water partition coefficient (Wildman–Crippen LogP) is 2.46. The van der Waals surface area contributed by atoms with Gasteiger partial charge in [-0.15, -0.1) is 0 Å². The number of amides is 2. The number of nitrogens with zero attached hydrogens (tertiary/aromatic N) is 2. The molecule has 2 fully saturated rings. The standard InChI is InChI=1S/C21H23N3O2/c25-19(18-9-5-2-6-10-18)23-13-11-21(12-14-23)16-22-24(20(21)26)15-17-7-3-1-4-8-17/h1-10,22H,11-16H2. The first-order valence-corrected chi connectivity index (χ1v) is 9.12. The SMILES string of the molecule is O=C(c1ccccc1)N1CCC2(CC1)CNN(Cc1ccccc1)C2=O. The molecule has 0 aromatic heterocycles. The van der Waals surface area contributed by atoms with Gasteiger partial charge in [0, 0.05) is 25.2 Å². The Morgan fingerprint density at radius 3 is 2.23 bits per heavy atom. The van der Waals surface area contributed by atoms with E-state index in [1.165, 1.54) is 0 Å². The molecule has 0 radical (unpaired) electrons. The van der Waals surface area contributed by atoms with E-state index in [0.29, 0.717) is 44.6 Å². The van der Waals surface area contributed by atoms with Gasteiger partial charge < -0.3 is 4.90 Å². The van der Waals surface area contributed by atoms with Gasteiger partial charge in [-0.05, 0) is 30.5 Å². The number of likely N-dealkylation sites (tertiary alicyclic amines) is 1. The van der Waals surface area contributed by atoms with E-state index in [4.69, 9.17) is 0 Å². The van der Waals surface area contributed by atoms with E-state index >= 15 is 0 Å². The normalized spacial score (nSPS) is 19.2. The fraction of sp³-hybridized carbons (Fsp3) is 0.333. The van der Waals surface area contributed by atoms with Crippen molar-refractivity contribution in [2.24, 2.45) is 5.41 Å². The van der Waals surface area contributed by atoms with Crippen molar-refractivity contribution in [3.05, 3.63) is 71.8 Å². The highest BCUT2D eigenvalue weighted by Crippen LogP contribution is 2.37. The van der Waals surface area contributed by atoms with Crippen molar-refractivity contribution >= 4 is 11.8 Å². The molecule has 0 aliphatic carbocycles. The van der Waals surface area contributed by atoms with E-state index in [1.54, 1.807) is 5.01 Å². The van der Waals surface area contributed by atoms with Crippen LogP contribution in [0.1, 0.15) is 28.8 Å². The molecule has 2 aliphatic heterocycles. The highest BCUT2D eigenvalue weighted by Gasteiger charge is 2.48. The van der Waals surface area contributed by atoms with Crippen molar-refractivity contribution in [1.29, 1.82) is 0 Å². The molecule has 2 heterocycles. The molecule has 2 amide bonds. The van der Waals surface area contributed by atoms with Gasteiger partial charge in [-0.25, -0.2) is 5.43 Å². The zero-order chi connectivity index (χ0) is 18.0. The Kier molecular flexibility index (Phi) is 4.47. The van der Waals surface area contributed by atoms with Crippen LogP contribution >= 0.6 is 0 Å². The maximum absolute atomic E-state index is 13.0. The van der Waals surface area contributed by atoms with Gasteiger partial charge in [0.15, 0.2) is 0 Å². The summed E-state index contributed by atoms with van der Waals surface area (Å²) in [5.74, 6) is 0.216. The van der Waals surface area contributed by atoms with Gasteiger partial charge in [0.05, 0.1) is 12.0 Å². The molecular weight excluding hydrogens is 326 g/mol. The molecule has 1 spiro atoms. The molecule has 0 unspecified atom stereocenters. The van der Waals surface area contributed by atoms with Gasteiger partial charge in [0.2, 0.25) is 5.91 Å². The molecule has 2 saturated heterocycles. The summed E-state index contributed by atoms with van der Waals surface area (Å²) in [6.07, 6.45) is 1.42. The number of hydrogen-bond donors (Lipinski definition) is 1. The number of piperidine rings is 1. The van der Waals surface area contributed by atoms with E-state index in [-0.39, 0.29) is 17.2 Å². The quantitative estimate of drug-likeness (QED) is 0.926. The summed E-state index contributed by atoms with van der Waals surface area (Å²) in [5.41, 5.74) is 4.72. The highest BCUT2D eigenvalue weighted by molar-refractivity contribution is 5.94. The van der Waals surface area contributed by atoms with Gasteiger partial charge >= 0.3 is 0 Å². The molecule has 26 heavy (non-hydrogen) atoms. The lowest BCUT2D eigenvalue weighted by molar-refractivity contribution is -0.139. The maximum Gasteiger partial charge on any atom is 0.253 e. The third-order valence-electron chi connectivity index (χ3n) is 5.52. The number of hydrogen-bond acceptors (Lipinski definition) is 3. The van der Waals surface area contributed by atoms with Gasteiger partial charge in [-0.2, -0.15) is 0 Å². The summed E-state index contributed by atoms with van der Waals surface area (Å²) in [5, 5.41) is 1.74. The minimum atomic E-state index is -0.373. The summed E-state index contributed by atoms with van der Waals surface area (Å²) in [6, 6.07) is 19.4. The molecule has 0 saturated carbocycles. The fourth-order valence-electron chi connectivity index (χ4n) is 3.87. The lowest BCUT2D eigenvalue weighted by Crippen LogP contribution is -2.47. The highest BCUT2D eigenvalue weighted by atomic mass is 16.2. The topological polar surface area (TPSA) is 52.7 Å². The zero-order valence-electron chi connectivity index (χ0n) is 14.7. The molecular formula is C21H23N3O2. The molecule has 0 atom stereocenters. The van der Waals surface area contributed by atoms with Crippen LogP contribution in [0, 0.1) is 5.41 Å². The third-order valence-corrected chi connectivity index (χ3v) is 5.52. The molecule has 134 valence electrons. The Balaban J connectivity index is 1.39. The summed E-state index contributed by atoms with van der Waals surface area (Å²) in [4.78, 5) is 27.5. The predicted molar refractivity (Wildman–Crippen MR) is 99.0 cm³/mol. The van der Waals surface area contributed by atoms with Gasteiger partial charge in [-0.3, -0.25) is 14.6 Å². The van der Waals surface area contributed by atoms with Gasteiger partial charge in [-0.1, -0.05) is 48.5 Å². The zero-order valence-corrected chi connectivity index (χ0v) is 14.7. The maximum atomic E-state index is 13.0. The van der Waals surface area contributed by atoms with Crippen molar-refractivity contribution < 1.29 is 9.59 Å². The van der Waals surface area contributed by atoms with Crippen LogP contribution in [0.4, 0.5) is 0 Å². The summed E-state index contributed by atoms with van der Waals surface area (Å²) < 4.78 is 0. The minimum Gasteiger partial charge on any atom is -0.339 e. The molecule has 2 aromatic carbocycles. The number of nitrogens with one attached hydrogen (secondary N) is 1. The number of benzene rings is 2. The molecule has 0 bridgehead atoms. The Morgan fingerprint density at radius 2 is 1.58 bits per heavy atom. The number of carbonyl (C=O) groups excluding carboxylic acids is 2. The lowest BCUT2D eigenvalue weighted by Gasteiger charge is -2.37. The molecule has 4 rings (SSSR count).